The Hall–Kier alpha value is -1.11. The second-order valence-electron chi connectivity index (χ2n) is 4.29. The van der Waals surface area contributed by atoms with Gasteiger partial charge in [-0.05, 0) is 38.1 Å². The summed E-state index contributed by atoms with van der Waals surface area (Å²) in [6.07, 6.45) is 0. The molecule has 0 bridgehead atoms. The highest BCUT2D eigenvalue weighted by Gasteiger charge is 2.20. The van der Waals surface area contributed by atoms with E-state index in [1.165, 1.54) is 11.8 Å². The smallest absolute Gasteiger partial charge is 0.230 e. The Kier molecular flexibility index (Phi) is 4.28. The van der Waals surface area contributed by atoms with E-state index in [1.54, 1.807) is 4.68 Å². The Morgan fingerprint density at radius 2 is 2.19 bits per heavy atom. The van der Waals surface area contributed by atoms with Gasteiger partial charge in [-0.15, -0.1) is 5.10 Å². The third-order valence-corrected chi connectivity index (χ3v) is 2.70. The fourth-order valence-corrected chi connectivity index (χ4v) is 1.96. The molecule has 0 fully saturated rings. The van der Waals surface area contributed by atoms with Crippen molar-refractivity contribution < 1.29 is 4.79 Å². The fraction of sp³-hybridized carbons (Fsp3) is 0.778. The third-order valence-electron chi connectivity index (χ3n) is 1.78. The molecule has 0 aliphatic heterocycles. The van der Waals surface area contributed by atoms with Crippen LogP contribution in [0.25, 0.3) is 0 Å². The molecule has 1 aromatic rings. The first-order valence-corrected chi connectivity index (χ1v) is 6.12. The monoisotopic (exact) mass is 243 g/mol. The van der Waals surface area contributed by atoms with E-state index >= 15 is 0 Å². The minimum absolute atomic E-state index is 0.00374. The van der Waals surface area contributed by atoms with Crippen LogP contribution in [0.4, 0.5) is 0 Å². The molecule has 1 aromatic heterocycles. The van der Waals surface area contributed by atoms with E-state index in [9.17, 15) is 4.79 Å². The normalized spacial score (nSPS) is 11.5. The van der Waals surface area contributed by atoms with Crippen molar-refractivity contribution in [3.63, 3.8) is 0 Å². The van der Waals surface area contributed by atoms with Crippen LogP contribution < -0.4 is 5.32 Å². The van der Waals surface area contributed by atoms with Gasteiger partial charge in [0.15, 0.2) is 0 Å². The van der Waals surface area contributed by atoms with Crippen molar-refractivity contribution in [2.24, 2.45) is 0 Å². The molecular weight excluding hydrogens is 226 g/mol. The molecule has 16 heavy (non-hydrogen) atoms. The van der Waals surface area contributed by atoms with E-state index in [-0.39, 0.29) is 11.4 Å². The van der Waals surface area contributed by atoms with Gasteiger partial charge in [-0.2, -0.15) is 0 Å². The highest BCUT2D eigenvalue weighted by molar-refractivity contribution is 7.99. The first-order valence-electron chi connectivity index (χ1n) is 5.13. The molecular formula is C9H17N5OS. The van der Waals surface area contributed by atoms with Crippen molar-refractivity contribution in [2.75, 3.05) is 12.3 Å². The molecule has 0 aliphatic carbocycles. The molecule has 0 saturated carbocycles. The number of hydrogen-bond acceptors (Lipinski definition) is 5. The van der Waals surface area contributed by atoms with Crippen LogP contribution in [0.5, 0.6) is 0 Å². The summed E-state index contributed by atoms with van der Waals surface area (Å²) in [5.41, 5.74) is -0.174. The molecule has 1 rings (SSSR count). The zero-order valence-corrected chi connectivity index (χ0v) is 10.8. The Morgan fingerprint density at radius 3 is 2.75 bits per heavy atom. The second-order valence-corrected chi connectivity index (χ2v) is 5.23. The predicted molar refractivity (Wildman–Crippen MR) is 62.2 cm³/mol. The van der Waals surface area contributed by atoms with Crippen LogP contribution in [-0.2, 0) is 10.3 Å². The third kappa shape index (κ3) is 3.48. The zero-order chi connectivity index (χ0) is 12.2. The van der Waals surface area contributed by atoms with Gasteiger partial charge in [0.05, 0.1) is 11.3 Å². The molecule has 0 atom stereocenters. The summed E-state index contributed by atoms with van der Waals surface area (Å²) >= 11 is 1.34. The maximum atomic E-state index is 11.3. The van der Waals surface area contributed by atoms with Crippen LogP contribution in [0.3, 0.4) is 0 Å². The lowest BCUT2D eigenvalue weighted by Crippen LogP contribution is -2.26. The van der Waals surface area contributed by atoms with Gasteiger partial charge >= 0.3 is 0 Å². The van der Waals surface area contributed by atoms with Crippen molar-refractivity contribution in [3.05, 3.63) is 0 Å². The van der Waals surface area contributed by atoms with Crippen LogP contribution >= 0.6 is 11.8 Å². The minimum Gasteiger partial charge on any atom is -0.356 e. The van der Waals surface area contributed by atoms with E-state index in [4.69, 9.17) is 0 Å². The Bertz CT molecular complexity index is 357. The number of carbonyl (C=O) groups excluding carboxylic acids is 1. The van der Waals surface area contributed by atoms with Gasteiger partial charge in [0.25, 0.3) is 0 Å². The predicted octanol–water partition coefficient (Wildman–Crippen LogP) is 0.656. The van der Waals surface area contributed by atoms with Crippen molar-refractivity contribution >= 4 is 17.7 Å². The van der Waals surface area contributed by atoms with Crippen LogP contribution in [0.2, 0.25) is 0 Å². The van der Waals surface area contributed by atoms with Gasteiger partial charge in [0.2, 0.25) is 11.1 Å². The van der Waals surface area contributed by atoms with Crippen LogP contribution in [-0.4, -0.2) is 38.4 Å². The molecule has 0 spiro atoms. The number of amides is 1. The van der Waals surface area contributed by atoms with Crippen LogP contribution in [0.1, 0.15) is 27.7 Å². The molecule has 0 aromatic carbocycles. The van der Waals surface area contributed by atoms with Crippen molar-refractivity contribution in [1.29, 1.82) is 0 Å². The van der Waals surface area contributed by atoms with Crippen LogP contribution in [0.15, 0.2) is 5.16 Å². The molecule has 1 amide bonds. The maximum absolute atomic E-state index is 11.3. The molecule has 0 unspecified atom stereocenters. The highest BCUT2D eigenvalue weighted by Crippen LogP contribution is 2.20. The molecule has 90 valence electrons. The van der Waals surface area contributed by atoms with E-state index < -0.39 is 0 Å². The number of carbonyl (C=O) groups is 1. The van der Waals surface area contributed by atoms with Gasteiger partial charge in [0.1, 0.15) is 0 Å². The lowest BCUT2D eigenvalue weighted by atomic mass is 10.1. The van der Waals surface area contributed by atoms with Gasteiger partial charge in [-0.1, -0.05) is 11.8 Å². The molecule has 1 heterocycles. The van der Waals surface area contributed by atoms with Gasteiger partial charge in [-0.25, -0.2) is 4.68 Å². The minimum atomic E-state index is -0.174. The fourth-order valence-electron chi connectivity index (χ4n) is 1.07. The number of tetrazole rings is 1. The largest absolute Gasteiger partial charge is 0.356 e. The summed E-state index contributed by atoms with van der Waals surface area (Å²) in [4.78, 5) is 11.3. The molecule has 0 aliphatic rings. The Balaban J connectivity index is 2.61. The average molecular weight is 243 g/mol. The zero-order valence-electron chi connectivity index (χ0n) is 10.0. The number of hydrogen-bond donors (Lipinski definition) is 1. The number of rotatable bonds is 4. The lowest BCUT2D eigenvalue weighted by molar-refractivity contribution is -0.118. The standard InChI is InChI=1S/C9H17N5OS/c1-5-10-7(15)6-16-8-11-12-13-14(8)9(2,3)4/h5-6H2,1-4H3,(H,10,15). The van der Waals surface area contributed by atoms with E-state index in [0.29, 0.717) is 17.5 Å². The number of nitrogens with one attached hydrogen (secondary N) is 1. The van der Waals surface area contributed by atoms with E-state index in [0.717, 1.165) is 0 Å². The van der Waals surface area contributed by atoms with Crippen molar-refractivity contribution in [3.8, 4) is 0 Å². The highest BCUT2D eigenvalue weighted by atomic mass is 32.2. The van der Waals surface area contributed by atoms with Gasteiger partial charge in [-0.3, -0.25) is 4.79 Å². The first-order chi connectivity index (χ1) is 7.45. The molecule has 0 radical (unpaired) electrons. The average Bonchev–Trinajstić information content (AvgIpc) is 2.62. The Morgan fingerprint density at radius 1 is 1.50 bits per heavy atom. The molecule has 6 nitrogen and oxygen atoms in total. The number of aromatic nitrogens is 4. The summed E-state index contributed by atoms with van der Waals surface area (Å²) < 4.78 is 1.72. The first kappa shape index (κ1) is 13.0. The molecule has 1 N–H and O–H groups in total. The number of nitrogens with zero attached hydrogens (tertiary/aromatic N) is 4. The summed E-state index contributed by atoms with van der Waals surface area (Å²) in [5, 5.41) is 14.8. The van der Waals surface area contributed by atoms with E-state index in [1.807, 2.05) is 27.7 Å². The number of thioether (sulfide) groups is 1. The van der Waals surface area contributed by atoms with Gasteiger partial charge in [0, 0.05) is 6.54 Å². The SMILES string of the molecule is CCNC(=O)CSc1nnnn1C(C)(C)C. The quantitative estimate of drug-likeness (QED) is 0.786. The summed E-state index contributed by atoms with van der Waals surface area (Å²) in [6.45, 7) is 8.57. The van der Waals surface area contributed by atoms with Crippen molar-refractivity contribution in [1.82, 2.24) is 25.5 Å². The summed E-state index contributed by atoms with van der Waals surface area (Å²) in [5.74, 6) is 0.334. The molecule has 0 saturated heterocycles. The maximum Gasteiger partial charge on any atom is 0.230 e. The van der Waals surface area contributed by atoms with E-state index in [2.05, 4.69) is 20.8 Å². The second kappa shape index (κ2) is 5.29. The molecule has 7 heteroatoms. The summed E-state index contributed by atoms with van der Waals surface area (Å²) in [7, 11) is 0. The van der Waals surface area contributed by atoms with Crippen LogP contribution in [0, 0.1) is 0 Å². The van der Waals surface area contributed by atoms with Crippen molar-refractivity contribution in [2.45, 2.75) is 38.4 Å². The lowest BCUT2D eigenvalue weighted by Gasteiger charge is -2.19. The topological polar surface area (TPSA) is 72.7 Å². The van der Waals surface area contributed by atoms with Gasteiger partial charge < -0.3 is 5.32 Å². The summed E-state index contributed by atoms with van der Waals surface area (Å²) in [6, 6.07) is 0. The Labute approximate surface area is 99.2 Å².